The zero-order valence-electron chi connectivity index (χ0n) is 11.9. The second-order valence-electron chi connectivity index (χ2n) is 5.80. The summed E-state index contributed by atoms with van der Waals surface area (Å²) in [6.07, 6.45) is 6.60. The van der Waals surface area contributed by atoms with Crippen molar-refractivity contribution in [1.29, 1.82) is 0 Å². The quantitative estimate of drug-likeness (QED) is 0.658. The lowest BCUT2D eigenvalue weighted by molar-refractivity contribution is 0.257. The van der Waals surface area contributed by atoms with Crippen molar-refractivity contribution in [3.8, 4) is 0 Å². The third-order valence-corrected chi connectivity index (χ3v) is 5.49. The molecule has 0 radical (unpaired) electrons. The predicted octanol–water partition coefficient (Wildman–Crippen LogP) is 1.08. The van der Waals surface area contributed by atoms with Crippen LogP contribution >= 0.6 is 0 Å². The van der Waals surface area contributed by atoms with E-state index in [2.05, 4.69) is 17.0 Å². The monoisotopic (exact) mass is 289 g/mol. The van der Waals surface area contributed by atoms with Gasteiger partial charge in [-0.25, -0.2) is 4.72 Å². The highest BCUT2D eigenvalue weighted by Gasteiger charge is 2.29. The van der Waals surface area contributed by atoms with Crippen molar-refractivity contribution >= 4 is 10.2 Å². The Kier molecular flexibility index (Phi) is 5.62. The van der Waals surface area contributed by atoms with Crippen LogP contribution in [0, 0.1) is 5.92 Å². The highest BCUT2D eigenvalue weighted by atomic mass is 32.2. The fourth-order valence-corrected chi connectivity index (χ4v) is 3.86. The Bertz CT molecular complexity index is 368. The smallest absolute Gasteiger partial charge is 0.279 e. The molecule has 0 bridgehead atoms. The third-order valence-electron chi connectivity index (χ3n) is 3.91. The molecule has 2 N–H and O–H groups in total. The Morgan fingerprint density at radius 2 is 2.05 bits per heavy atom. The van der Waals surface area contributed by atoms with Crippen molar-refractivity contribution in [3.63, 3.8) is 0 Å². The minimum Gasteiger partial charge on any atom is -0.314 e. The molecule has 1 saturated heterocycles. The van der Waals surface area contributed by atoms with E-state index in [0.29, 0.717) is 31.6 Å². The molecular formula is C13H27N3O2S. The molecule has 19 heavy (non-hydrogen) atoms. The van der Waals surface area contributed by atoms with Crippen LogP contribution in [-0.4, -0.2) is 44.9 Å². The van der Waals surface area contributed by atoms with E-state index in [-0.39, 0.29) is 0 Å². The molecule has 6 heteroatoms. The van der Waals surface area contributed by atoms with Crippen molar-refractivity contribution in [1.82, 2.24) is 14.3 Å². The maximum absolute atomic E-state index is 12.2. The lowest BCUT2D eigenvalue weighted by Crippen LogP contribution is -2.47. The largest absolute Gasteiger partial charge is 0.314 e. The maximum atomic E-state index is 12.2. The second kappa shape index (κ2) is 7.02. The minimum atomic E-state index is -3.26. The van der Waals surface area contributed by atoms with Crippen molar-refractivity contribution in [2.24, 2.45) is 5.92 Å². The van der Waals surface area contributed by atoms with E-state index in [0.717, 1.165) is 32.2 Å². The minimum absolute atomic E-state index is 0.470. The van der Waals surface area contributed by atoms with Crippen LogP contribution in [0.15, 0.2) is 0 Å². The van der Waals surface area contributed by atoms with Crippen LogP contribution in [0.1, 0.15) is 45.4 Å². The molecule has 1 heterocycles. The standard InChI is InChI=1S/C13H27N3O2S/c1-2-3-8-15-19(17,18)16-9-4-5-12(11-16)10-14-13-6-7-13/h12-15H,2-11H2,1H3. The molecule has 0 aromatic heterocycles. The number of nitrogens with one attached hydrogen (secondary N) is 2. The zero-order valence-corrected chi connectivity index (χ0v) is 12.7. The number of rotatable bonds is 8. The first-order chi connectivity index (χ1) is 9.12. The summed E-state index contributed by atoms with van der Waals surface area (Å²) in [5.41, 5.74) is 0. The van der Waals surface area contributed by atoms with Crippen LogP contribution in [0.25, 0.3) is 0 Å². The van der Waals surface area contributed by atoms with Gasteiger partial charge in [0.25, 0.3) is 10.2 Å². The molecule has 1 saturated carbocycles. The lowest BCUT2D eigenvalue weighted by Gasteiger charge is -2.32. The van der Waals surface area contributed by atoms with Crippen LogP contribution in [0.2, 0.25) is 0 Å². The first kappa shape index (κ1) is 15.2. The number of piperidine rings is 1. The molecule has 1 aliphatic carbocycles. The topological polar surface area (TPSA) is 61.4 Å². The van der Waals surface area contributed by atoms with E-state index >= 15 is 0 Å². The average molecular weight is 289 g/mol. The van der Waals surface area contributed by atoms with E-state index in [1.807, 2.05) is 0 Å². The van der Waals surface area contributed by atoms with Crippen molar-refractivity contribution < 1.29 is 8.42 Å². The molecule has 0 spiro atoms. The normalized spacial score (nSPS) is 25.6. The number of nitrogens with zero attached hydrogens (tertiary/aromatic N) is 1. The van der Waals surface area contributed by atoms with Crippen LogP contribution in [0.4, 0.5) is 0 Å². The van der Waals surface area contributed by atoms with Gasteiger partial charge in [-0.3, -0.25) is 0 Å². The number of unbranched alkanes of at least 4 members (excludes halogenated alkanes) is 1. The maximum Gasteiger partial charge on any atom is 0.279 e. The van der Waals surface area contributed by atoms with Gasteiger partial charge in [-0.15, -0.1) is 0 Å². The Balaban J connectivity index is 1.77. The van der Waals surface area contributed by atoms with Crippen molar-refractivity contribution in [2.45, 2.75) is 51.5 Å². The van der Waals surface area contributed by atoms with Gasteiger partial charge < -0.3 is 5.32 Å². The van der Waals surface area contributed by atoms with E-state index in [1.54, 1.807) is 4.31 Å². The van der Waals surface area contributed by atoms with Crippen molar-refractivity contribution in [2.75, 3.05) is 26.2 Å². The van der Waals surface area contributed by atoms with Gasteiger partial charge >= 0.3 is 0 Å². The fraction of sp³-hybridized carbons (Fsp3) is 1.00. The summed E-state index contributed by atoms with van der Waals surface area (Å²) in [4.78, 5) is 0. The fourth-order valence-electron chi connectivity index (χ4n) is 2.50. The van der Waals surface area contributed by atoms with Crippen molar-refractivity contribution in [3.05, 3.63) is 0 Å². The first-order valence-electron chi connectivity index (χ1n) is 7.60. The Labute approximate surface area is 117 Å². The Hall–Kier alpha value is -0.170. The van der Waals surface area contributed by atoms with E-state index in [4.69, 9.17) is 0 Å². The zero-order chi connectivity index (χ0) is 13.7. The molecule has 112 valence electrons. The molecule has 2 aliphatic rings. The van der Waals surface area contributed by atoms with Gasteiger partial charge in [-0.05, 0) is 44.6 Å². The number of hydrogen-bond acceptors (Lipinski definition) is 3. The average Bonchev–Trinajstić information content (AvgIpc) is 3.21. The highest BCUT2D eigenvalue weighted by Crippen LogP contribution is 2.22. The molecule has 0 aromatic rings. The van der Waals surface area contributed by atoms with E-state index < -0.39 is 10.2 Å². The molecule has 5 nitrogen and oxygen atoms in total. The number of hydrogen-bond donors (Lipinski definition) is 2. The molecular weight excluding hydrogens is 262 g/mol. The molecule has 2 fully saturated rings. The van der Waals surface area contributed by atoms with Crippen LogP contribution < -0.4 is 10.0 Å². The SMILES string of the molecule is CCCCNS(=O)(=O)N1CCCC(CNC2CC2)C1. The molecule has 1 aliphatic heterocycles. The van der Waals surface area contributed by atoms with E-state index in [1.165, 1.54) is 12.8 Å². The second-order valence-corrected chi connectivity index (χ2v) is 7.56. The van der Waals surface area contributed by atoms with Crippen LogP contribution in [0.3, 0.4) is 0 Å². The summed E-state index contributed by atoms with van der Waals surface area (Å²) in [6, 6.07) is 0.703. The summed E-state index contributed by atoms with van der Waals surface area (Å²) in [5.74, 6) is 0.470. The molecule has 0 aromatic carbocycles. The van der Waals surface area contributed by atoms with Gasteiger partial charge in [-0.1, -0.05) is 13.3 Å². The van der Waals surface area contributed by atoms with Gasteiger partial charge in [0.05, 0.1) is 0 Å². The Morgan fingerprint density at radius 3 is 2.74 bits per heavy atom. The Morgan fingerprint density at radius 1 is 1.26 bits per heavy atom. The summed E-state index contributed by atoms with van der Waals surface area (Å²) in [7, 11) is -3.26. The highest BCUT2D eigenvalue weighted by molar-refractivity contribution is 7.87. The first-order valence-corrected chi connectivity index (χ1v) is 9.04. The molecule has 0 amide bonds. The van der Waals surface area contributed by atoms with Gasteiger partial charge in [-0.2, -0.15) is 12.7 Å². The summed E-state index contributed by atoms with van der Waals surface area (Å²) in [5, 5.41) is 3.51. The van der Waals surface area contributed by atoms with Crippen LogP contribution in [0.5, 0.6) is 0 Å². The molecule has 1 unspecified atom stereocenters. The lowest BCUT2D eigenvalue weighted by atomic mass is 10.00. The predicted molar refractivity (Wildman–Crippen MR) is 77.2 cm³/mol. The summed E-state index contributed by atoms with van der Waals surface area (Å²) >= 11 is 0. The van der Waals surface area contributed by atoms with Gasteiger partial charge in [0.15, 0.2) is 0 Å². The van der Waals surface area contributed by atoms with Gasteiger partial charge in [0, 0.05) is 25.7 Å². The summed E-state index contributed by atoms with van der Waals surface area (Å²) in [6.45, 7) is 4.92. The van der Waals surface area contributed by atoms with Gasteiger partial charge in [0.2, 0.25) is 0 Å². The van der Waals surface area contributed by atoms with Gasteiger partial charge in [0.1, 0.15) is 0 Å². The van der Waals surface area contributed by atoms with Crippen LogP contribution in [-0.2, 0) is 10.2 Å². The third kappa shape index (κ3) is 5.02. The molecule has 1 atom stereocenters. The summed E-state index contributed by atoms with van der Waals surface area (Å²) < 4.78 is 28.6. The van der Waals surface area contributed by atoms with E-state index in [9.17, 15) is 8.42 Å². The molecule has 2 rings (SSSR count).